The van der Waals surface area contributed by atoms with Gasteiger partial charge in [0.15, 0.2) is 0 Å². The van der Waals surface area contributed by atoms with Gasteiger partial charge in [0.25, 0.3) is 0 Å². The smallest absolute Gasteiger partial charge is 0.338 e. The number of benzene rings is 1. The molecule has 7 heteroatoms. The Kier molecular flexibility index (Phi) is 6.40. The van der Waals surface area contributed by atoms with Crippen LogP contribution in [-0.2, 0) is 9.47 Å². The molecule has 0 atom stereocenters. The zero-order valence-electron chi connectivity index (χ0n) is 18.7. The van der Waals surface area contributed by atoms with Crippen molar-refractivity contribution in [1.82, 2.24) is 15.0 Å². The predicted molar refractivity (Wildman–Crippen MR) is 125 cm³/mol. The molecule has 3 aromatic heterocycles. The van der Waals surface area contributed by atoms with E-state index in [4.69, 9.17) is 14.5 Å². The highest BCUT2D eigenvalue weighted by atomic mass is 16.5. The summed E-state index contributed by atoms with van der Waals surface area (Å²) in [4.78, 5) is 38.6. The summed E-state index contributed by atoms with van der Waals surface area (Å²) in [6, 6.07) is 14.4. The van der Waals surface area contributed by atoms with Crippen molar-refractivity contribution in [3.63, 3.8) is 0 Å². The molecule has 0 unspecified atom stereocenters. The molecule has 0 amide bonds. The summed E-state index contributed by atoms with van der Waals surface area (Å²) in [7, 11) is 0. The van der Waals surface area contributed by atoms with Crippen LogP contribution in [0.4, 0.5) is 0 Å². The number of aromatic nitrogens is 3. The number of hydrogen-bond donors (Lipinski definition) is 0. The fraction of sp³-hybridized carbons (Fsp3) is 0.192. The Balaban J connectivity index is 1.92. The number of aryl methyl sites for hydroxylation is 1. The lowest BCUT2D eigenvalue weighted by Gasteiger charge is -2.12. The lowest BCUT2D eigenvalue weighted by molar-refractivity contribution is 0.0516. The quantitative estimate of drug-likeness (QED) is 0.388. The van der Waals surface area contributed by atoms with Gasteiger partial charge in [0.1, 0.15) is 0 Å². The molecule has 4 rings (SSSR count). The molecule has 166 valence electrons. The molecule has 0 fully saturated rings. The summed E-state index contributed by atoms with van der Waals surface area (Å²) >= 11 is 0. The number of pyridine rings is 3. The van der Waals surface area contributed by atoms with Crippen LogP contribution in [0.25, 0.3) is 33.5 Å². The van der Waals surface area contributed by atoms with Crippen molar-refractivity contribution < 1.29 is 19.1 Å². The van der Waals surface area contributed by atoms with Crippen molar-refractivity contribution in [2.75, 3.05) is 13.2 Å². The molecule has 0 spiro atoms. The first kappa shape index (κ1) is 22.1. The van der Waals surface area contributed by atoms with Crippen LogP contribution < -0.4 is 0 Å². The van der Waals surface area contributed by atoms with Crippen LogP contribution in [-0.4, -0.2) is 40.1 Å². The van der Waals surface area contributed by atoms with Gasteiger partial charge in [-0.15, -0.1) is 0 Å². The Morgan fingerprint density at radius 2 is 1.48 bits per heavy atom. The SMILES string of the molecule is CCOC(=O)c1ccnc(-c2cc(C(=O)OCC)cc(-c3cc(C)cc4cccnc34)n2)c1. The lowest BCUT2D eigenvalue weighted by atomic mass is 10.0. The van der Waals surface area contributed by atoms with E-state index in [1.54, 1.807) is 44.3 Å². The van der Waals surface area contributed by atoms with Crippen LogP contribution in [0.1, 0.15) is 40.1 Å². The predicted octanol–water partition coefficient (Wildman–Crippen LogP) is 5.02. The maximum Gasteiger partial charge on any atom is 0.338 e. The van der Waals surface area contributed by atoms with Crippen molar-refractivity contribution in [3.8, 4) is 22.6 Å². The van der Waals surface area contributed by atoms with E-state index in [2.05, 4.69) is 9.97 Å². The van der Waals surface area contributed by atoms with E-state index in [1.807, 2.05) is 31.2 Å². The summed E-state index contributed by atoms with van der Waals surface area (Å²) in [6.45, 7) is 6.01. The number of carbonyl (C=O) groups is 2. The van der Waals surface area contributed by atoms with Gasteiger partial charge in [0.05, 0.1) is 46.9 Å². The van der Waals surface area contributed by atoms with E-state index >= 15 is 0 Å². The third-order valence-corrected chi connectivity index (χ3v) is 5.00. The molecular weight excluding hydrogens is 418 g/mol. The summed E-state index contributed by atoms with van der Waals surface area (Å²) in [6.07, 6.45) is 3.24. The van der Waals surface area contributed by atoms with Crippen LogP contribution in [0, 0.1) is 6.92 Å². The van der Waals surface area contributed by atoms with Gasteiger partial charge in [0, 0.05) is 23.3 Å². The summed E-state index contributed by atoms with van der Waals surface area (Å²) < 4.78 is 10.3. The van der Waals surface area contributed by atoms with Crippen LogP contribution >= 0.6 is 0 Å². The molecule has 4 aromatic rings. The summed E-state index contributed by atoms with van der Waals surface area (Å²) in [5.41, 5.74) is 4.74. The van der Waals surface area contributed by atoms with E-state index < -0.39 is 11.9 Å². The Labute approximate surface area is 191 Å². The van der Waals surface area contributed by atoms with Gasteiger partial charge < -0.3 is 9.47 Å². The second-order valence-electron chi connectivity index (χ2n) is 7.38. The number of rotatable bonds is 6. The molecule has 0 aliphatic heterocycles. The lowest BCUT2D eigenvalue weighted by Crippen LogP contribution is -2.07. The highest BCUT2D eigenvalue weighted by molar-refractivity contribution is 5.97. The van der Waals surface area contributed by atoms with Crippen molar-refractivity contribution in [2.45, 2.75) is 20.8 Å². The molecule has 7 nitrogen and oxygen atoms in total. The van der Waals surface area contributed by atoms with Gasteiger partial charge in [-0.1, -0.05) is 6.07 Å². The maximum atomic E-state index is 12.6. The maximum absolute atomic E-state index is 12.6. The Morgan fingerprint density at radius 3 is 2.24 bits per heavy atom. The fourth-order valence-corrected chi connectivity index (χ4v) is 3.58. The third-order valence-electron chi connectivity index (χ3n) is 5.00. The number of esters is 2. The first-order valence-corrected chi connectivity index (χ1v) is 10.7. The van der Waals surface area contributed by atoms with Gasteiger partial charge in [-0.3, -0.25) is 9.97 Å². The number of ether oxygens (including phenoxy) is 2. The Bertz CT molecular complexity index is 1350. The van der Waals surface area contributed by atoms with Crippen LogP contribution in [0.3, 0.4) is 0 Å². The second-order valence-corrected chi connectivity index (χ2v) is 7.38. The minimum Gasteiger partial charge on any atom is -0.462 e. The van der Waals surface area contributed by atoms with Crippen LogP contribution in [0.2, 0.25) is 0 Å². The molecule has 0 bridgehead atoms. The zero-order chi connectivity index (χ0) is 23.4. The molecule has 33 heavy (non-hydrogen) atoms. The molecule has 0 radical (unpaired) electrons. The van der Waals surface area contributed by atoms with E-state index in [1.165, 1.54) is 6.20 Å². The molecule has 3 heterocycles. The average Bonchev–Trinajstić information content (AvgIpc) is 2.83. The molecule has 0 aliphatic carbocycles. The zero-order valence-corrected chi connectivity index (χ0v) is 18.7. The van der Waals surface area contributed by atoms with Crippen molar-refractivity contribution >= 4 is 22.8 Å². The number of fused-ring (bicyclic) bond motifs is 1. The Morgan fingerprint density at radius 1 is 0.788 bits per heavy atom. The number of hydrogen-bond acceptors (Lipinski definition) is 7. The standard InChI is InChI=1S/C26H23N3O4/c1-4-32-25(30)18-8-10-27-22(13-18)23-15-19(26(31)33-5-2)14-21(29-23)20-12-16(3)11-17-7-6-9-28-24(17)20/h6-15H,4-5H2,1-3H3. The number of carbonyl (C=O) groups excluding carboxylic acids is 2. The van der Waals surface area contributed by atoms with E-state index in [-0.39, 0.29) is 13.2 Å². The number of nitrogens with zero attached hydrogens (tertiary/aromatic N) is 3. The van der Waals surface area contributed by atoms with Crippen LogP contribution in [0.5, 0.6) is 0 Å². The topological polar surface area (TPSA) is 91.3 Å². The molecule has 0 saturated heterocycles. The third kappa shape index (κ3) is 4.72. The van der Waals surface area contributed by atoms with E-state index in [9.17, 15) is 9.59 Å². The largest absolute Gasteiger partial charge is 0.462 e. The average molecular weight is 441 g/mol. The second kappa shape index (κ2) is 9.56. The van der Waals surface area contributed by atoms with Gasteiger partial charge in [-0.2, -0.15) is 0 Å². The van der Waals surface area contributed by atoms with E-state index in [0.29, 0.717) is 28.2 Å². The summed E-state index contributed by atoms with van der Waals surface area (Å²) in [5, 5.41) is 0.972. The first-order valence-electron chi connectivity index (χ1n) is 10.7. The van der Waals surface area contributed by atoms with Crippen molar-refractivity contribution in [2.24, 2.45) is 0 Å². The van der Waals surface area contributed by atoms with Gasteiger partial charge in [-0.05, 0) is 68.8 Å². The highest BCUT2D eigenvalue weighted by Crippen LogP contribution is 2.30. The molecule has 0 N–H and O–H groups in total. The monoisotopic (exact) mass is 441 g/mol. The van der Waals surface area contributed by atoms with E-state index in [0.717, 1.165) is 22.0 Å². The van der Waals surface area contributed by atoms with Crippen molar-refractivity contribution in [3.05, 3.63) is 77.6 Å². The van der Waals surface area contributed by atoms with Gasteiger partial charge in [0.2, 0.25) is 0 Å². The Hall–Kier alpha value is -4.13. The fourth-order valence-electron chi connectivity index (χ4n) is 3.58. The molecular formula is C26H23N3O4. The molecule has 1 aromatic carbocycles. The van der Waals surface area contributed by atoms with Gasteiger partial charge >= 0.3 is 11.9 Å². The van der Waals surface area contributed by atoms with Crippen molar-refractivity contribution in [1.29, 1.82) is 0 Å². The molecule has 0 aliphatic rings. The highest BCUT2D eigenvalue weighted by Gasteiger charge is 2.17. The van der Waals surface area contributed by atoms with Crippen LogP contribution in [0.15, 0.2) is 60.9 Å². The minimum absolute atomic E-state index is 0.247. The molecule has 0 saturated carbocycles. The minimum atomic E-state index is -0.464. The van der Waals surface area contributed by atoms with Gasteiger partial charge in [-0.25, -0.2) is 14.6 Å². The summed E-state index contributed by atoms with van der Waals surface area (Å²) in [5.74, 6) is -0.911. The first-order chi connectivity index (χ1) is 16.0. The normalized spacial score (nSPS) is 10.8.